The van der Waals surface area contributed by atoms with Crippen molar-refractivity contribution in [2.24, 2.45) is 17.8 Å². The molecule has 228 valence electrons. The summed E-state index contributed by atoms with van der Waals surface area (Å²) in [4.78, 5) is 25.9. The van der Waals surface area contributed by atoms with Gasteiger partial charge in [0.25, 0.3) is 5.97 Å². The average molecular weight is 587 g/mol. The third-order valence-corrected chi connectivity index (χ3v) is 10.3. The number of benzene rings is 1. The van der Waals surface area contributed by atoms with E-state index in [4.69, 9.17) is 23.7 Å². The fraction of sp³-hybridized carbons (Fsp3) is 0.613. The zero-order chi connectivity index (χ0) is 30.8. The maximum atomic E-state index is 13.5. The first-order valence-corrected chi connectivity index (χ1v) is 14.1. The molecule has 3 aliphatic carbocycles. The summed E-state index contributed by atoms with van der Waals surface area (Å²) in [6.07, 6.45) is -5.77. The normalized spacial score (nSPS) is 50.3. The van der Waals surface area contributed by atoms with Crippen LogP contribution in [0.5, 0.6) is 0 Å². The maximum absolute atomic E-state index is 13.5. The van der Waals surface area contributed by atoms with Crippen LogP contribution in [0.15, 0.2) is 54.1 Å². The van der Waals surface area contributed by atoms with Gasteiger partial charge in [-0.05, 0) is 44.1 Å². The maximum Gasteiger partial charge on any atom is 0.338 e. The Hall–Kier alpha value is -2.64. The molecule has 3 bridgehead atoms. The minimum Gasteiger partial charge on any atom is -0.456 e. The first kappa shape index (κ1) is 29.4. The summed E-state index contributed by atoms with van der Waals surface area (Å²) in [5, 5.41) is 48.1. The van der Waals surface area contributed by atoms with Crippen LogP contribution in [0.3, 0.4) is 0 Å². The van der Waals surface area contributed by atoms with Crippen LogP contribution in [0.25, 0.3) is 0 Å². The number of aliphatic hydroxyl groups excluding tert-OH is 2. The quantitative estimate of drug-likeness (QED) is 0.298. The Balaban J connectivity index is 1.62. The lowest BCUT2D eigenvalue weighted by Crippen LogP contribution is -2.77. The van der Waals surface area contributed by atoms with Gasteiger partial charge in [-0.1, -0.05) is 37.8 Å². The first-order valence-electron chi connectivity index (χ1n) is 14.1. The second kappa shape index (κ2) is 8.95. The van der Waals surface area contributed by atoms with Crippen molar-refractivity contribution in [3.63, 3.8) is 0 Å². The van der Waals surface area contributed by atoms with E-state index in [-0.39, 0.29) is 0 Å². The highest BCUT2D eigenvalue weighted by atomic mass is 16.9. The van der Waals surface area contributed by atoms with E-state index >= 15 is 0 Å². The van der Waals surface area contributed by atoms with E-state index in [1.807, 2.05) is 0 Å². The molecule has 4 fully saturated rings. The van der Waals surface area contributed by atoms with Crippen molar-refractivity contribution < 1.29 is 53.7 Å². The summed E-state index contributed by atoms with van der Waals surface area (Å²) in [7, 11) is 0. The molecule has 0 radical (unpaired) electrons. The van der Waals surface area contributed by atoms with Gasteiger partial charge in [0.15, 0.2) is 11.7 Å². The number of hydrogen-bond donors (Lipinski definition) is 4. The molecule has 0 aromatic heterocycles. The molecule has 0 amide bonds. The second-order valence-electron chi connectivity index (χ2n) is 12.9. The molecular formula is C31H38O11. The van der Waals surface area contributed by atoms with Gasteiger partial charge in [-0.25, -0.2) is 4.79 Å². The van der Waals surface area contributed by atoms with E-state index in [0.29, 0.717) is 16.7 Å². The van der Waals surface area contributed by atoms with Gasteiger partial charge in [0.1, 0.15) is 29.5 Å². The van der Waals surface area contributed by atoms with Crippen molar-refractivity contribution in [1.82, 2.24) is 0 Å². The summed E-state index contributed by atoms with van der Waals surface area (Å²) in [5.41, 5.74) is -6.85. The Morgan fingerprint density at radius 2 is 1.67 bits per heavy atom. The van der Waals surface area contributed by atoms with E-state index < -0.39 is 88.6 Å². The predicted molar refractivity (Wildman–Crippen MR) is 144 cm³/mol. The van der Waals surface area contributed by atoms with Crippen molar-refractivity contribution in [1.29, 1.82) is 0 Å². The molecule has 0 spiro atoms. The third kappa shape index (κ3) is 3.41. The Morgan fingerprint density at radius 3 is 2.26 bits per heavy atom. The fourth-order valence-corrected chi connectivity index (χ4v) is 8.62. The highest BCUT2D eigenvalue weighted by molar-refractivity contribution is 5.89. The monoisotopic (exact) mass is 586 g/mol. The van der Waals surface area contributed by atoms with Gasteiger partial charge < -0.3 is 44.1 Å². The van der Waals surface area contributed by atoms with Crippen LogP contribution in [-0.4, -0.2) is 91.3 Å². The van der Waals surface area contributed by atoms with Gasteiger partial charge in [0.05, 0.1) is 17.3 Å². The van der Waals surface area contributed by atoms with Crippen LogP contribution < -0.4 is 0 Å². The van der Waals surface area contributed by atoms with Crippen LogP contribution in [0.4, 0.5) is 0 Å². The molecule has 11 heteroatoms. The molecule has 0 unspecified atom stereocenters. The van der Waals surface area contributed by atoms with Gasteiger partial charge in [-0.15, -0.1) is 0 Å². The summed E-state index contributed by atoms with van der Waals surface area (Å²) in [6, 6.07) is 8.40. The number of rotatable bonds is 4. The molecule has 1 aromatic carbocycles. The molecule has 4 N–H and O–H groups in total. The Labute approximate surface area is 243 Å². The minimum absolute atomic E-state index is 0.290. The standard InChI is InChI=1S/C31H38O11/c1-14(2)30-23(39-25(35)18-11-9-8-10-12-18)16(4)31-19-13-15(3)21(33)29(19,37)26(38-17(5)32)27(6,36)22(34)20(31)24(30)40-28(7,41-30)42-31/h8-13,16,19-24,26,33-34,36-37H,1H2,2-7H3/t16-,19-,20+,21+,22+,23+,24-,26-,27-,28-,29-,30+,31+/m1/s1. The summed E-state index contributed by atoms with van der Waals surface area (Å²) in [6.45, 7) is 13.1. The zero-order valence-electron chi connectivity index (χ0n) is 24.4. The van der Waals surface area contributed by atoms with Gasteiger partial charge in [-0.3, -0.25) is 4.79 Å². The Bertz CT molecular complexity index is 1370. The lowest BCUT2D eigenvalue weighted by molar-refractivity contribution is -0.426. The van der Waals surface area contributed by atoms with E-state index in [1.54, 1.807) is 57.2 Å². The average Bonchev–Trinajstić information content (AvgIpc) is 3.28. The zero-order valence-corrected chi connectivity index (χ0v) is 24.4. The largest absolute Gasteiger partial charge is 0.456 e. The van der Waals surface area contributed by atoms with E-state index in [2.05, 4.69) is 6.58 Å². The molecule has 5 aliphatic rings. The molecule has 42 heavy (non-hydrogen) atoms. The van der Waals surface area contributed by atoms with Crippen molar-refractivity contribution >= 4 is 11.9 Å². The van der Waals surface area contributed by atoms with Crippen molar-refractivity contribution in [3.05, 3.63) is 59.7 Å². The van der Waals surface area contributed by atoms with Crippen LogP contribution in [0.1, 0.15) is 51.9 Å². The van der Waals surface area contributed by atoms with Crippen molar-refractivity contribution in [2.45, 2.75) is 100 Å². The molecule has 2 heterocycles. The van der Waals surface area contributed by atoms with Crippen LogP contribution in [0, 0.1) is 17.8 Å². The Kier molecular flexibility index (Phi) is 6.27. The van der Waals surface area contributed by atoms with Crippen molar-refractivity contribution in [2.75, 3.05) is 0 Å². The number of carbonyl (C=O) groups is 2. The fourth-order valence-electron chi connectivity index (χ4n) is 8.62. The Morgan fingerprint density at radius 1 is 1.02 bits per heavy atom. The lowest BCUT2D eigenvalue weighted by Gasteiger charge is -2.62. The molecule has 1 aromatic rings. The second-order valence-corrected chi connectivity index (χ2v) is 12.9. The van der Waals surface area contributed by atoms with Crippen molar-refractivity contribution in [3.8, 4) is 0 Å². The molecule has 2 saturated heterocycles. The SMILES string of the molecule is C=C(C)[C@@]12O[C@@]3(C)O[C@@H]1[C@@H]1[C@H](O)[C@@](C)(O)[C@@H](OC(C)=O)[C@@]4(O)[C@@H](C=C(C)[C@@H]4O)[C@@]1(O3)[C@H](C)[C@@H]2OC(=O)c1ccccc1. The number of esters is 2. The summed E-state index contributed by atoms with van der Waals surface area (Å²) < 4.78 is 31.4. The molecule has 11 nitrogen and oxygen atoms in total. The minimum atomic E-state index is -2.37. The van der Waals surface area contributed by atoms with Gasteiger partial charge in [0, 0.05) is 31.6 Å². The molecule has 2 aliphatic heterocycles. The summed E-state index contributed by atoms with van der Waals surface area (Å²) in [5.74, 6) is -6.44. The number of carbonyl (C=O) groups excluding carboxylic acids is 2. The smallest absolute Gasteiger partial charge is 0.338 e. The third-order valence-electron chi connectivity index (χ3n) is 10.3. The first-order chi connectivity index (χ1) is 19.5. The van der Waals surface area contributed by atoms with E-state index in [1.165, 1.54) is 13.8 Å². The molecule has 2 saturated carbocycles. The van der Waals surface area contributed by atoms with E-state index in [0.717, 1.165) is 6.92 Å². The molecule has 13 atom stereocenters. The van der Waals surface area contributed by atoms with Crippen LogP contribution in [0.2, 0.25) is 0 Å². The van der Waals surface area contributed by atoms with Gasteiger partial charge >= 0.3 is 11.9 Å². The topological polar surface area (TPSA) is 161 Å². The van der Waals surface area contributed by atoms with Gasteiger partial charge in [0.2, 0.25) is 0 Å². The van der Waals surface area contributed by atoms with Gasteiger partial charge in [-0.2, -0.15) is 0 Å². The number of fused-ring (bicyclic) bond motifs is 2. The molecular weight excluding hydrogens is 548 g/mol. The van der Waals surface area contributed by atoms with E-state index in [9.17, 15) is 30.0 Å². The molecule has 6 rings (SSSR count). The highest BCUT2D eigenvalue weighted by Gasteiger charge is 2.86. The lowest BCUT2D eigenvalue weighted by atomic mass is 9.52. The number of aliphatic hydroxyl groups is 4. The van der Waals surface area contributed by atoms with Crippen LogP contribution >= 0.6 is 0 Å². The number of hydrogen-bond acceptors (Lipinski definition) is 11. The summed E-state index contributed by atoms with van der Waals surface area (Å²) >= 11 is 0. The van der Waals surface area contributed by atoms with Crippen LogP contribution in [-0.2, 0) is 28.5 Å². The number of ether oxygens (including phenoxy) is 5. The predicted octanol–water partition coefficient (Wildman–Crippen LogP) is 1.38. The highest BCUT2D eigenvalue weighted by Crippen LogP contribution is 2.70.